The fourth-order valence-corrected chi connectivity index (χ4v) is 4.02. The molecule has 0 aliphatic carbocycles. The maximum atomic E-state index is 12.4. The Morgan fingerprint density at radius 2 is 1.62 bits per heavy atom. The van der Waals surface area contributed by atoms with E-state index in [-0.39, 0.29) is 16.6 Å². The fourth-order valence-electron chi connectivity index (χ4n) is 1.86. The molecule has 1 atom stereocenters. The van der Waals surface area contributed by atoms with Gasteiger partial charge in [-0.1, -0.05) is 44.0 Å². The average molecular weight is 434 g/mol. The molecule has 0 saturated carbocycles. The van der Waals surface area contributed by atoms with Gasteiger partial charge in [0.15, 0.2) is 0 Å². The number of nitrogens with two attached hydrogens (primary N) is 1. The molecule has 0 amide bonds. The van der Waals surface area contributed by atoms with E-state index in [0.29, 0.717) is 4.47 Å². The van der Waals surface area contributed by atoms with Crippen molar-refractivity contribution >= 4 is 47.6 Å². The highest BCUT2D eigenvalue weighted by Gasteiger charge is 2.21. The zero-order chi connectivity index (χ0) is 15.6. The molecule has 0 heterocycles. The minimum atomic E-state index is -3.69. The molecule has 0 fully saturated rings. The van der Waals surface area contributed by atoms with E-state index in [1.165, 1.54) is 6.07 Å². The third-order valence-corrected chi connectivity index (χ3v) is 5.59. The van der Waals surface area contributed by atoms with Crippen molar-refractivity contribution in [2.45, 2.75) is 17.9 Å². The summed E-state index contributed by atoms with van der Waals surface area (Å²) in [5.74, 6) is 0. The summed E-state index contributed by atoms with van der Waals surface area (Å²) < 4.78 is 29.1. The molecule has 3 N–H and O–H groups in total. The molecule has 2 aromatic carbocycles. The van der Waals surface area contributed by atoms with Crippen LogP contribution >= 0.6 is 31.9 Å². The van der Waals surface area contributed by atoms with Crippen molar-refractivity contribution in [3.8, 4) is 0 Å². The van der Waals surface area contributed by atoms with E-state index in [4.69, 9.17) is 5.73 Å². The smallest absolute Gasteiger partial charge is 0.243 e. The molecule has 4 nitrogen and oxygen atoms in total. The lowest BCUT2D eigenvalue weighted by Gasteiger charge is -2.16. The van der Waals surface area contributed by atoms with E-state index in [9.17, 15) is 8.42 Å². The first-order valence-corrected chi connectivity index (χ1v) is 9.19. The first kappa shape index (κ1) is 16.5. The Kier molecular flexibility index (Phi) is 5.08. The lowest BCUT2D eigenvalue weighted by Crippen LogP contribution is -2.27. The van der Waals surface area contributed by atoms with Crippen LogP contribution in [0.3, 0.4) is 0 Å². The van der Waals surface area contributed by atoms with Crippen LogP contribution in [-0.2, 0) is 10.0 Å². The molecule has 0 radical (unpaired) electrons. The van der Waals surface area contributed by atoms with Crippen molar-refractivity contribution in [3.05, 3.63) is 57.0 Å². The van der Waals surface area contributed by atoms with Gasteiger partial charge in [0.2, 0.25) is 10.0 Å². The van der Waals surface area contributed by atoms with Gasteiger partial charge in [-0.3, -0.25) is 0 Å². The van der Waals surface area contributed by atoms with Crippen LogP contribution in [0.5, 0.6) is 0 Å². The van der Waals surface area contributed by atoms with Gasteiger partial charge < -0.3 is 5.73 Å². The lowest BCUT2D eigenvalue weighted by molar-refractivity contribution is 0.567. The van der Waals surface area contributed by atoms with Gasteiger partial charge in [-0.25, -0.2) is 13.1 Å². The Morgan fingerprint density at radius 3 is 2.24 bits per heavy atom. The standard InChI is InChI=1S/C14H14Br2N2O2S/c1-9(10-2-4-11(15)5-3-10)18-21(19,20)14-8-12(16)6-7-13(14)17/h2-9,18H,17H2,1H3/t9-/m1/s1. The summed E-state index contributed by atoms with van der Waals surface area (Å²) in [5, 5.41) is 0. The van der Waals surface area contributed by atoms with Crippen molar-refractivity contribution in [2.24, 2.45) is 0 Å². The van der Waals surface area contributed by atoms with Crippen LogP contribution in [0.2, 0.25) is 0 Å². The number of hydrogen-bond donors (Lipinski definition) is 2. The number of benzene rings is 2. The van der Waals surface area contributed by atoms with Crippen LogP contribution < -0.4 is 10.5 Å². The van der Waals surface area contributed by atoms with Crippen LogP contribution in [-0.4, -0.2) is 8.42 Å². The van der Waals surface area contributed by atoms with E-state index < -0.39 is 10.0 Å². The second-order valence-electron chi connectivity index (χ2n) is 4.58. The van der Waals surface area contributed by atoms with Gasteiger partial charge in [-0.15, -0.1) is 0 Å². The first-order chi connectivity index (χ1) is 9.79. The third kappa shape index (κ3) is 4.06. The zero-order valence-corrected chi connectivity index (χ0v) is 15.2. The molecule has 7 heteroatoms. The Bertz CT molecular complexity index is 746. The van der Waals surface area contributed by atoms with Gasteiger partial charge in [-0.05, 0) is 42.8 Å². The second kappa shape index (κ2) is 6.48. The Balaban J connectivity index is 2.28. The molecule has 0 spiro atoms. The number of hydrogen-bond acceptors (Lipinski definition) is 3. The second-order valence-corrected chi connectivity index (χ2v) is 8.09. The number of sulfonamides is 1. The highest BCUT2D eigenvalue weighted by Crippen LogP contribution is 2.25. The first-order valence-electron chi connectivity index (χ1n) is 6.12. The summed E-state index contributed by atoms with van der Waals surface area (Å²) in [5.41, 5.74) is 6.85. The van der Waals surface area contributed by atoms with Crippen molar-refractivity contribution in [3.63, 3.8) is 0 Å². The summed E-state index contributed by atoms with van der Waals surface area (Å²) in [6.45, 7) is 1.79. The normalized spacial score (nSPS) is 13.1. The number of rotatable bonds is 4. The van der Waals surface area contributed by atoms with Crippen LogP contribution in [0, 0.1) is 0 Å². The molecule has 0 saturated heterocycles. The maximum absolute atomic E-state index is 12.4. The molecule has 0 aliphatic rings. The topological polar surface area (TPSA) is 72.2 Å². The number of nitrogen functional groups attached to an aromatic ring is 1. The highest BCUT2D eigenvalue weighted by molar-refractivity contribution is 9.10. The summed E-state index contributed by atoms with van der Waals surface area (Å²) >= 11 is 6.60. The number of halogens is 2. The fraction of sp³-hybridized carbons (Fsp3) is 0.143. The van der Waals surface area contributed by atoms with E-state index in [1.807, 2.05) is 24.3 Å². The predicted octanol–water partition coefficient (Wildman–Crippen LogP) is 3.83. The van der Waals surface area contributed by atoms with Crippen LogP contribution in [0.15, 0.2) is 56.3 Å². The number of nitrogens with one attached hydrogen (secondary N) is 1. The molecule has 0 bridgehead atoms. The zero-order valence-electron chi connectivity index (χ0n) is 11.2. The van der Waals surface area contributed by atoms with E-state index in [1.54, 1.807) is 19.1 Å². The summed E-state index contributed by atoms with van der Waals surface area (Å²) in [6.07, 6.45) is 0. The Hall–Kier alpha value is -0.890. The van der Waals surface area contributed by atoms with Gasteiger partial charge in [0.1, 0.15) is 4.90 Å². The minimum absolute atomic E-state index is 0.0702. The quantitative estimate of drug-likeness (QED) is 0.719. The van der Waals surface area contributed by atoms with Crippen LogP contribution in [0.1, 0.15) is 18.5 Å². The third-order valence-electron chi connectivity index (χ3n) is 2.97. The van der Waals surface area contributed by atoms with Crippen LogP contribution in [0.25, 0.3) is 0 Å². The van der Waals surface area contributed by atoms with Gasteiger partial charge >= 0.3 is 0 Å². The van der Waals surface area contributed by atoms with Crippen molar-refractivity contribution in [1.82, 2.24) is 4.72 Å². The Morgan fingerprint density at radius 1 is 1.05 bits per heavy atom. The summed E-state index contributed by atoms with van der Waals surface area (Å²) in [6, 6.07) is 11.9. The lowest BCUT2D eigenvalue weighted by atomic mass is 10.1. The maximum Gasteiger partial charge on any atom is 0.243 e. The van der Waals surface area contributed by atoms with Crippen molar-refractivity contribution in [2.75, 3.05) is 5.73 Å². The van der Waals surface area contributed by atoms with Crippen LogP contribution in [0.4, 0.5) is 5.69 Å². The van der Waals surface area contributed by atoms with Gasteiger partial charge in [0, 0.05) is 15.0 Å². The SMILES string of the molecule is C[C@@H](NS(=O)(=O)c1cc(Br)ccc1N)c1ccc(Br)cc1. The van der Waals surface area contributed by atoms with E-state index >= 15 is 0 Å². The predicted molar refractivity (Wildman–Crippen MR) is 91.4 cm³/mol. The molecule has 21 heavy (non-hydrogen) atoms. The Labute approximate surface area is 141 Å². The van der Waals surface area contributed by atoms with E-state index in [0.717, 1.165) is 10.0 Å². The average Bonchev–Trinajstić information content (AvgIpc) is 2.41. The van der Waals surface area contributed by atoms with Gasteiger partial charge in [0.05, 0.1) is 5.69 Å². The molecule has 2 aromatic rings. The number of anilines is 1. The molecular formula is C14H14Br2N2O2S. The molecule has 0 unspecified atom stereocenters. The van der Waals surface area contributed by atoms with E-state index in [2.05, 4.69) is 36.6 Å². The molecule has 0 aliphatic heterocycles. The van der Waals surface area contributed by atoms with Crippen molar-refractivity contribution in [1.29, 1.82) is 0 Å². The molecule has 112 valence electrons. The molecule has 0 aromatic heterocycles. The summed E-state index contributed by atoms with van der Waals surface area (Å²) in [4.78, 5) is 0.0702. The van der Waals surface area contributed by atoms with Gasteiger partial charge in [0.25, 0.3) is 0 Å². The largest absolute Gasteiger partial charge is 0.398 e. The highest BCUT2D eigenvalue weighted by atomic mass is 79.9. The molecule has 2 rings (SSSR count). The molecular weight excluding hydrogens is 420 g/mol. The van der Waals surface area contributed by atoms with Gasteiger partial charge in [-0.2, -0.15) is 0 Å². The summed E-state index contributed by atoms with van der Waals surface area (Å²) in [7, 11) is -3.69. The minimum Gasteiger partial charge on any atom is -0.398 e. The monoisotopic (exact) mass is 432 g/mol. The van der Waals surface area contributed by atoms with Crippen molar-refractivity contribution < 1.29 is 8.42 Å².